The van der Waals surface area contributed by atoms with Gasteiger partial charge in [0.1, 0.15) is 0 Å². The summed E-state index contributed by atoms with van der Waals surface area (Å²) in [6, 6.07) is 0. The lowest BCUT2D eigenvalue weighted by atomic mass is 9.59. The largest absolute Gasteiger partial charge is 0.390 e. The van der Waals surface area contributed by atoms with Crippen molar-refractivity contribution >= 4 is 0 Å². The average Bonchev–Trinajstić information content (AvgIpc) is 2.49. The van der Waals surface area contributed by atoms with Gasteiger partial charge < -0.3 is 5.11 Å². The van der Waals surface area contributed by atoms with Crippen LogP contribution in [-0.2, 0) is 0 Å². The van der Waals surface area contributed by atoms with E-state index in [1.165, 1.54) is 44.1 Å². The number of rotatable bonds is 1. The maximum atomic E-state index is 10.4. The summed E-state index contributed by atoms with van der Waals surface area (Å²) in [5, 5.41) is 10.4. The minimum atomic E-state index is -0.510. The van der Waals surface area contributed by atoms with Gasteiger partial charge in [0.2, 0.25) is 0 Å². The van der Waals surface area contributed by atoms with E-state index in [2.05, 4.69) is 13.5 Å². The molecule has 2 rings (SSSR count). The van der Waals surface area contributed by atoms with Crippen molar-refractivity contribution in [3.63, 3.8) is 0 Å². The van der Waals surface area contributed by atoms with Crippen LogP contribution >= 0.6 is 0 Å². The first-order valence-electron chi connectivity index (χ1n) is 6.75. The lowest BCUT2D eigenvalue weighted by molar-refractivity contribution is -0.0575. The third-order valence-electron chi connectivity index (χ3n) is 5.30. The minimum absolute atomic E-state index is 0.402. The van der Waals surface area contributed by atoms with Gasteiger partial charge in [-0.3, -0.25) is 0 Å². The highest BCUT2D eigenvalue weighted by atomic mass is 16.3. The lowest BCUT2D eigenvalue weighted by Crippen LogP contribution is -2.44. The van der Waals surface area contributed by atoms with E-state index in [0.717, 1.165) is 5.92 Å². The maximum Gasteiger partial charge on any atom is 0.0625 e. The first kappa shape index (κ1) is 12.2. The molecule has 1 N–H and O–H groups in total. The smallest absolute Gasteiger partial charge is 0.0625 e. The Kier molecular flexibility index (Phi) is 2.94. The van der Waals surface area contributed by atoms with E-state index >= 15 is 0 Å². The Morgan fingerprint density at radius 3 is 2.31 bits per heavy atom. The SMILES string of the molecule is C=C1CCC2(CC1)C(C(C)(C)O)CC[C@@H]2C. The van der Waals surface area contributed by atoms with E-state index in [-0.39, 0.29) is 0 Å². The molecule has 0 saturated heterocycles. The fourth-order valence-electron chi connectivity index (χ4n) is 4.30. The zero-order chi connectivity index (χ0) is 12.0. The van der Waals surface area contributed by atoms with Crippen LogP contribution < -0.4 is 0 Å². The standard InChI is InChI=1S/C15H26O/c1-11-7-9-15(10-8-11)12(2)5-6-13(15)14(3,4)16/h12-13,16H,1,5-10H2,2-4H3/t12-,13?/m0/s1. The molecule has 0 bridgehead atoms. The van der Waals surface area contributed by atoms with Gasteiger partial charge in [-0.15, -0.1) is 0 Å². The molecule has 1 nitrogen and oxygen atoms in total. The van der Waals surface area contributed by atoms with Crippen LogP contribution in [-0.4, -0.2) is 10.7 Å². The van der Waals surface area contributed by atoms with Gasteiger partial charge in [0.25, 0.3) is 0 Å². The van der Waals surface area contributed by atoms with Crippen molar-refractivity contribution in [1.29, 1.82) is 0 Å². The molecule has 0 aromatic heterocycles. The van der Waals surface area contributed by atoms with Crippen LogP contribution in [0.15, 0.2) is 12.2 Å². The molecule has 0 heterocycles. The summed E-state index contributed by atoms with van der Waals surface area (Å²) in [7, 11) is 0. The average molecular weight is 222 g/mol. The predicted molar refractivity (Wildman–Crippen MR) is 68.2 cm³/mol. The van der Waals surface area contributed by atoms with Gasteiger partial charge in [-0.05, 0) is 69.6 Å². The highest BCUT2D eigenvalue weighted by molar-refractivity contribution is 5.10. The summed E-state index contributed by atoms with van der Waals surface area (Å²) < 4.78 is 0. The van der Waals surface area contributed by atoms with Gasteiger partial charge in [-0.1, -0.05) is 19.1 Å². The molecule has 0 aromatic rings. The summed E-state index contributed by atoms with van der Waals surface area (Å²) in [5.41, 5.74) is 1.31. The van der Waals surface area contributed by atoms with Crippen LogP contribution in [0.2, 0.25) is 0 Å². The summed E-state index contributed by atoms with van der Waals surface area (Å²) in [4.78, 5) is 0. The molecule has 1 heteroatoms. The highest BCUT2D eigenvalue weighted by Gasteiger charge is 2.53. The van der Waals surface area contributed by atoms with Crippen molar-refractivity contribution < 1.29 is 5.11 Å². The highest BCUT2D eigenvalue weighted by Crippen LogP contribution is 2.59. The van der Waals surface area contributed by atoms with E-state index < -0.39 is 5.60 Å². The Labute approximate surface area is 99.9 Å². The molecule has 0 aromatic carbocycles. The molecule has 92 valence electrons. The molecule has 2 fully saturated rings. The van der Waals surface area contributed by atoms with E-state index in [0.29, 0.717) is 11.3 Å². The fourth-order valence-corrected chi connectivity index (χ4v) is 4.30. The fraction of sp³-hybridized carbons (Fsp3) is 0.867. The maximum absolute atomic E-state index is 10.4. The van der Waals surface area contributed by atoms with E-state index in [4.69, 9.17) is 0 Å². The molecule has 0 radical (unpaired) electrons. The van der Waals surface area contributed by atoms with Crippen molar-refractivity contribution in [3.05, 3.63) is 12.2 Å². The van der Waals surface area contributed by atoms with Crippen molar-refractivity contribution in [3.8, 4) is 0 Å². The second-order valence-electron chi connectivity index (χ2n) is 6.67. The summed E-state index contributed by atoms with van der Waals surface area (Å²) >= 11 is 0. The lowest BCUT2D eigenvalue weighted by Gasteiger charge is -2.47. The van der Waals surface area contributed by atoms with Crippen molar-refractivity contribution in [2.75, 3.05) is 0 Å². The van der Waals surface area contributed by atoms with Crippen LogP contribution in [0.3, 0.4) is 0 Å². The molecule has 2 saturated carbocycles. The van der Waals surface area contributed by atoms with Gasteiger partial charge in [0.15, 0.2) is 0 Å². The van der Waals surface area contributed by atoms with Crippen LogP contribution in [0.25, 0.3) is 0 Å². The quantitative estimate of drug-likeness (QED) is 0.667. The molecule has 0 amide bonds. The van der Waals surface area contributed by atoms with Gasteiger partial charge in [-0.25, -0.2) is 0 Å². The molecule has 2 aliphatic carbocycles. The van der Waals surface area contributed by atoms with Crippen LogP contribution in [0.5, 0.6) is 0 Å². The van der Waals surface area contributed by atoms with Crippen LogP contribution in [0, 0.1) is 17.3 Å². The first-order valence-corrected chi connectivity index (χ1v) is 6.75. The van der Waals surface area contributed by atoms with E-state index in [9.17, 15) is 5.11 Å². The normalized spacial score (nSPS) is 34.6. The van der Waals surface area contributed by atoms with Crippen molar-refractivity contribution in [2.24, 2.45) is 17.3 Å². The first-order chi connectivity index (χ1) is 7.36. The third-order valence-corrected chi connectivity index (χ3v) is 5.30. The molecule has 0 aliphatic heterocycles. The number of hydrogen-bond acceptors (Lipinski definition) is 1. The van der Waals surface area contributed by atoms with Crippen molar-refractivity contribution in [2.45, 2.75) is 64.9 Å². The molecule has 16 heavy (non-hydrogen) atoms. The molecular formula is C15H26O. The summed E-state index contributed by atoms with van der Waals surface area (Å²) in [5.74, 6) is 1.26. The molecule has 1 spiro atoms. The van der Waals surface area contributed by atoms with Gasteiger partial charge in [-0.2, -0.15) is 0 Å². The number of allylic oxidation sites excluding steroid dienone is 1. The Morgan fingerprint density at radius 1 is 1.25 bits per heavy atom. The monoisotopic (exact) mass is 222 g/mol. The Balaban J connectivity index is 2.24. The summed E-state index contributed by atoms with van der Waals surface area (Å²) in [6.45, 7) is 10.5. The van der Waals surface area contributed by atoms with E-state index in [1.54, 1.807) is 0 Å². The number of hydrogen-bond donors (Lipinski definition) is 1. The van der Waals surface area contributed by atoms with Gasteiger partial charge in [0.05, 0.1) is 5.60 Å². The third kappa shape index (κ3) is 1.84. The zero-order valence-electron chi connectivity index (χ0n) is 11.1. The number of aliphatic hydroxyl groups is 1. The Morgan fingerprint density at radius 2 is 1.81 bits per heavy atom. The van der Waals surface area contributed by atoms with Crippen molar-refractivity contribution in [1.82, 2.24) is 0 Å². The Bertz CT molecular complexity index is 274. The minimum Gasteiger partial charge on any atom is -0.390 e. The van der Waals surface area contributed by atoms with Gasteiger partial charge in [0, 0.05) is 0 Å². The molecule has 2 atom stereocenters. The molecule has 1 unspecified atom stereocenters. The molecule has 2 aliphatic rings. The second-order valence-corrected chi connectivity index (χ2v) is 6.67. The topological polar surface area (TPSA) is 20.2 Å². The molecular weight excluding hydrogens is 196 g/mol. The Hall–Kier alpha value is -0.300. The van der Waals surface area contributed by atoms with E-state index in [1.807, 2.05) is 13.8 Å². The second kappa shape index (κ2) is 3.87. The predicted octanol–water partition coefficient (Wildman–Crippen LogP) is 3.92. The zero-order valence-corrected chi connectivity index (χ0v) is 11.1. The van der Waals surface area contributed by atoms with Crippen LogP contribution in [0.1, 0.15) is 59.3 Å². The summed E-state index contributed by atoms with van der Waals surface area (Å²) in [6.07, 6.45) is 7.36. The van der Waals surface area contributed by atoms with Gasteiger partial charge >= 0.3 is 0 Å². The van der Waals surface area contributed by atoms with Crippen LogP contribution in [0.4, 0.5) is 0 Å².